The van der Waals surface area contributed by atoms with Crippen molar-refractivity contribution in [2.75, 3.05) is 37.6 Å². The molecule has 18 heavy (non-hydrogen) atoms. The maximum absolute atomic E-state index is 8.60. The Hall–Kier alpha value is -1.05. The molecule has 0 aliphatic carbocycles. The molecule has 0 saturated carbocycles. The maximum Gasteiger partial charge on any atom is 0.0635 e. The van der Waals surface area contributed by atoms with Crippen molar-refractivity contribution in [1.82, 2.24) is 4.90 Å². The molecule has 1 saturated heterocycles. The van der Waals surface area contributed by atoms with Crippen LogP contribution in [0.2, 0.25) is 0 Å². The number of hydrogen-bond acceptors (Lipinski definition) is 3. The fourth-order valence-corrected chi connectivity index (χ4v) is 3.03. The van der Waals surface area contributed by atoms with Crippen molar-refractivity contribution >= 4 is 21.6 Å². The second-order valence-electron chi connectivity index (χ2n) is 4.69. The van der Waals surface area contributed by atoms with Crippen molar-refractivity contribution < 1.29 is 0 Å². The number of piperazine rings is 1. The van der Waals surface area contributed by atoms with E-state index in [9.17, 15) is 0 Å². The highest BCUT2D eigenvalue weighted by Gasteiger charge is 2.18. The molecule has 1 aromatic carbocycles. The first-order chi connectivity index (χ1) is 8.70. The summed E-state index contributed by atoms with van der Waals surface area (Å²) < 4.78 is 1.17. The van der Waals surface area contributed by atoms with Gasteiger partial charge in [-0.05, 0) is 40.5 Å². The molecule has 0 bridgehead atoms. The molecule has 96 valence electrons. The lowest BCUT2D eigenvalue weighted by molar-refractivity contribution is 0.263. The van der Waals surface area contributed by atoms with E-state index in [4.69, 9.17) is 5.26 Å². The van der Waals surface area contributed by atoms with E-state index < -0.39 is 0 Å². The van der Waals surface area contributed by atoms with Gasteiger partial charge in [-0.2, -0.15) is 5.26 Å². The molecule has 2 rings (SSSR count). The highest BCUT2D eigenvalue weighted by Crippen LogP contribution is 2.27. The molecule has 0 aromatic heterocycles. The Morgan fingerprint density at radius 2 is 2.00 bits per heavy atom. The summed E-state index contributed by atoms with van der Waals surface area (Å²) in [6.45, 7) is 7.16. The first-order valence-electron chi connectivity index (χ1n) is 6.31. The minimum Gasteiger partial charge on any atom is -0.368 e. The molecule has 1 aliphatic rings. The van der Waals surface area contributed by atoms with Crippen LogP contribution in [0.4, 0.5) is 5.69 Å². The van der Waals surface area contributed by atoms with E-state index in [2.05, 4.69) is 56.9 Å². The van der Waals surface area contributed by atoms with Gasteiger partial charge in [0.1, 0.15) is 0 Å². The largest absolute Gasteiger partial charge is 0.368 e. The topological polar surface area (TPSA) is 30.3 Å². The molecule has 3 nitrogen and oxygen atoms in total. The predicted molar refractivity (Wildman–Crippen MR) is 77.8 cm³/mol. The Morgan fingerprint density at radius 3 is 2.61 bits per heavy atom. The molecule has 0 N–H and O–H groups in total. The Bertz CT molecular complexity index is 445. The molecule has 1 fully saturated rings. The first-order valence-corrected chi connectivity index (χ1v) is 7.10. The van der Waals surface area contributed by atoms with Crippen molar-refractivity contribution in [1.29, 1.82) is 5.26 Å². The summed E-state index contributed by atoms with van der Waals surface area (Å²) in [5.74, 6) is 0. The van der Waals surface area contributed by atoms with E-state index in [0.29, 0.717) is 6.42 Å². The van der Waals surface area contributed by atoms with Crippen LogP contribution in [0.15, 0.2) is 22.7 Å². The van der Waals surface area contributed by atoms with Crippen molar-refractivity contribution in [3.8, 4) is 6.07 Å². The molecular formula is C14H18BrN3. The van der Waals surface area contributed by atoms with Crippen LogP contribution in [0, 0.1) is 18.3 Å². The molecule has 0 amide bonds. The number of halogens is 1. The molecule has 0 unspecified atom stereocenters. The van der Waals surface area contributed by atoms with Crippen LogP contribution in [-0.4, -0.2) is 37.6 Å². The zero-order chi connectivity index (χ0) is 13.0. The lowest BCUT2D eigenvalue weighted by Gasteiger charge is -2.36. The predicted octanol–water partition coefficient (Wildman–Crippen LogP) is 2.79. The standard InChI is InChI=1S/C14H18BrN3/c1-12-3-4-14(13(15)11-12)18-9-7-17(8-10-18)6-2-5-16/h3-4,11H,2,6-10H2,1H3. The summed E-state index contributed by atoms with van der Waals surface area (Å²) in [4.78, 5) is 4.77. The molecule has 1 aromatic rings. The van der Waals surface area contributed by atoms with Gasteiger partial charge in [-0.3, -0.25) is 4.90 Å². The monoisotopic (exact) mass is 307 g/mol. The number of aryl methyl sites for hydroxylation is 1. The van der Waals surface area contributed by atoms with Gasteiger partial charge in [0, 0.05) is 43.6 Å². The molecule has 0 radical (unpaired) electrons. The number of nitrogens with zero attached hydrogens (tertiary/aromatic N) is 3. The fraction of sp³-hybridized carbons (Fsp3) is 0.500. The molecule has 1 aliphatic heterocycles. The SMILES string of the molecule is Cc1ccc(N2CCN(CCC#N)CC2)c(Br)c1. The zero-order valence-corrected chi connectivity index (χ0v) is 12.3. The average Bonchev–Trinajstić information content (AvgIpc) is 2.37. The summed E-state index contributed by atoms with van der Waals surface area (Å²) >= 11 is 3.64. The van der Waals surface area contributed by atoms with Crippen molar-refractivity contribution in [2.45, 2.75) is 13.3 Å². The second kappa shape index (κ2) is 6.21. The highest BCUT2D eigenvalue weighted by atomic mass is 79.9. The number of rotatable bonds is 3. The number of benzene rings is 1. The van der Waals surface area contributed by atoms with E-state index in [1.54, 1.807) is 0 Å². The summed E-state index contributed by atoms with van der Waals surface area (Å²) in [6, 6.07) is 8.71. The lowest BCUT2D eigenvalue weighted by Crippen LogP contribution is -2.46. The fourth-order valence-electron chi connectivity index (χ4n) is 2.29. The van der Waals surface area contributed by atoms with Gasteiger partial charge in [0.05, 0.1) is 11.8 Å². The van der Waals surface area contributed by atoms with E-state index in [0.717, 1.165) is 32.7 Å². The van der Waals surface area contributed by atoms with Gasteiger partial charge < -0.3 is 4.90 Å². The molecule has 0 spiro atoms. The number of nitriles is 1. The van der Waals surface area contributed by atoms with Gasteiger partial charge in [-0.15, -0.1) is 0 Å². The van der Waals surface area contributed by atoms with E-state index in [-0.39, 0.29) is 0 Å². The van der Waals surface area contributed by atoms with Crippen molar-refractivity contribution in [3.05, 3.63) is 28.2 Å². The van der Waals surface area contributed by atoms with Gasteiger partial charge in [0.2, 0.25) is 0 Å². The van der Waals surface area contributed by atoms with E-state index in [1.165, 1.54) is 15.7 Å². The van der Waals surface area contributed by atoms with Crippen LogP contribution in [0.25, 0.3) is 0 Å². The Kier molecular flexibility index (Phi) is 4.62. The van der Waals surface area contributed by atoms with Gasteiger partial charge in [-0.25, -0.2) is 0 Å². The van der Waals surface area contributed by atoms with Crippen LogP contribution in [-0.2, 0) is 0 Å². The normalized spacial score (nSPS) is 16.6. The van der Waals surface area contributed by atoms with Crippen LogP contribution >= 0.6 is 15.9 Å². The van der Waals surface area contributed by atoms with Crippen LogP contribution < -0.4 is 4.90 Å². The maximum atomic E-state index is 8.60. The van der Waals surface area contributed by atoms with Crippen LogP contribution in [0.1, 0.15) is 12.0 Å². The van der Waals surface area contributed by atoms with Crippen LogP contribution in [0.3, 0.4) is 0 Å². The summed E-state index contributed by atoms with van der Waals surface area (Å²) in [5, 5.41) is 8.60. The summed E-state index contributed by atoms with van der Waals surface area (Å²) in [7, 11) is 0. The van der Waals surface area contributed by atoms with Crippen LogP contribution in [0.5, 0.6) is 0 Å². The second-order valence-corrected chi connectivity index (χ2v) is 5.55. The van der Waals surface area contributed by atoms with E-state index >= 15 is 0 Å². The Morgan fingerprint density at radius 1 is 1.28 bits per heavy atom. The number of hydrogen-bond donors (Lipinski definition) is 0. The van der Waals surface area contributed by atoms with Gasteiger partial charge in [0.15, 0.2) is 0 Å². The third kappa shape index (κ3) is 3.24. The smallest absolute Gasteiger partial charge is 0.0635 e. The Balaban J connectivity index is 1.95. The summed E-state index contributed by atoms with van der Waals surface area (Å²) in [6.07, 6.45) is 0.633. The lowest BCUT2D eigenvalue weighted by atomic mass is 10.2. The Labute approximate surface area is 117 Å². The van der Waals surface area contributed by atoms with E-state index in [1.807, 2.05) is 0 Å². The van der Waals surface area contributed by atoms with Gasteiger partial charge >= 0.3 is 0 Å². The summed E-state index contributed by atoms with van der Waals surface area (Å²) in [5.41, 5.74) is 2.55. The van der Waals surface area contributed by atoms with Crippen molar-refractivity contribution in [3.63, 3.8) is 0 Å². The third-order valence-corrected chi connectivity index (χ3v) is 3.99. The third-order valence-electron chi connectivity index (χ3n) is 3.36. The minimum atomic E-state index is 0.633. The van der Waals surface area contributed by atoms with Gasteiger partial charge in [0.25, 0.3) is 0 Å². The highest BCUT2D eigenvalue weighted by molar-refractivity contribution is 9.10. The van der Waals surface area contributed by atoms with Gasteiger partial charge in [-0.1, -0.05) is 6.07 Å². The zero-order valence-electron chi connectivity index (χ0n) is 10.7. The minimum absolute atomic E-state index is 0.633. The molecule has 0 atom stereocenters. The molecule has 4 heteroatoms. The number of anilines is 1. The average molecular weight is 308 g/mol. The quantitative estimate of drug-likeness (QED) is 0.860. The van der Waals surface area contributed by atoms with Crippen molar-refractivity contribution in [2.24, 2.45) is 0 Å². The molecular weight excluding hydrogens is 290 g/mol. The first kappa shape index (κ1) is 13.4. The molecule has 1 heterocycles.